The number of amides is 1. The van der Waals surface area contributed by atoms with Crippen molar-refractivity contribution in [2.75, 3.05) is 26.2 Å². The lowest BCUT2D eigenvalue weighted by atomic mass is 9.88. The summed E-state index contributed by atoms with van der Waals surface area (Å²) >= 11 is 0. The molecule has 1 aromatic heterocycles. The Morgan fingerprint density at radius 2 is 1.64 bits per heavy atom. The number of likely N-dealkylation sites (tertiary alicyclic amines) is 1. The molecule has 7 heteroatoms. The van der Waals surface area contributed by atoms with Crippen LogP contribution < -0.4 is 5.32 Å². The summed E-state index contributed by atoms with van der Waals surface area (Å²) in [6, 6.07) is 0.354. The zero-order valence-corrected chi connectivity index (χ0v) is 17.4. The summed E-state index contributed by atoms with van der Waals surface area (Å²) in [7, 11) is 0. The lowest BCUT2D eigenvalue weighted by molar-refractivity contribution is -0.0571. The molecule has 2 aliphatic heterocycles. The van der Waals surface area contributed by atoms with Gasteiger partial charge in [-0.3, -0.25) is 4.79 Å². The van der Waals surface area contributed by atoms with E-state index in [9.17, 15) is 4.79 Å². The number of hydrogen-bond donors (Lipinski definition) is 1. The third kappa shape index (κ3) is 4.40. The topological polar surface area (TPSA) is 72.3 Å². The minimum atomic E-state index is 0.0302. The summed E-state index contributed by atoms with van der Waals surface area (Å²) < 4.78 is 8.31. The largest absolute Gasteiger partial charge is 0.375 e. The molecule has 0 unspecified atom stereocenters. The number of carbonyl (C=O) groups is 1. The predicted molar refractivity (Wildman–Crippen MR) is 107 cm³/mol. The Balaban J connectivity index is 1.30. The van der Waals surface area contributed by atoms with E-state index in [-0.39, 0.29) is 5.91 Å². The molecule has 7 nitrogen and oxygen atoms in total. The highest BCUT2D eigenvalue weighted by atomic mass is 16.5. The summed E-state index contributed by atoms with van der Waals surface area (Å²) in [6.07, 6.45) is 9.63. The molecular formula is C21H35N5O2. The Hall–Kier alpha value is -1.47. The van der Waals surface area contributed by atoms with Crippen LogP contribution in [0.1, 0.15) is 80.5 Å². The van der Waals surface area contributed by atoms with Crippen LogP contribution in [-0.4, -0.2) is 64.2 Å². The first kappa shape index (κ1) is 19.8. The maximum atomic E-state index is 13.0. The summed E-state index contributed by atoms with van der Waals surface area (Å²) in [5.74, 6) is 0.878. The normalized spacial score (nSPS) is 27.9. The van der Waals surface area contributed by atoms with Crippen LogP contribution >= 0.6 is 0 Å². The van der Waals surface area contributed by atoms with Crippen molar-refractivity contribution in [1.29, 1.82) is 0 Å². The van der Waals surface area contributed by atoms with Gasteiger partial charge in [0.1, 0.15) is 0 Å². The Morgan fingerprint density at radius 3 is 2.32 bits per heavy atom. The second-order valence-electron chi connectivity index (χ2n) is 8.96. The minimum Gasteiger partial charge on any atom is -0.375 e. The van der Waals surface area contributed by atoms with Crippen LogP contribution in [0, 0.1) is 12.8 Å². The van der Waals surface area contributed by atoms with Crippen molar-refractivity contribution in [2.24, 2.45) is 5.92 Å². The van der Waals surface area contributed by atoms with Crippen molar-refractivity contribution in [1.82, 2.24) is 25.2 Å². The molecule has 1 aromatic rings. The number of hydrogen-bond acceptors (Lipinski definition) is 5. The van der Waals surface area contributed by atoms with Gasteiger partial charge in [-0.25, -0.2) is 4.68 Å². The second-order valence-corrected chi connectivity index (χ2v) is 8.96. The van der Waals surface area contributed by atoms with E-state index in [0.29, 0.717) is 23.9 Å². The fraction of sp³-hybridized carbons (Fsp3) is 0.857. The van der Waals surface area contributed by atoms with E-state index in [1.807, 2.05) is 16.5 Å². The van der Waals surface area contributed by atoms with Gasteiger partial charge in [0.2, 0.25) is 0 Å². The molecule has 3 heterocycles. The number of piperidine rings is 2. The molecule has 2 saturated heterocycles. The van der Waals surface area contributed by atoms with Gasteiger partial charge in [0.25, 0.3) is 5.91 Å². The zero-order valence-electron chi connectivity index (χ0n) is 17.4. The third-order valence-corrected chi connectivity index (χ3v) is 6.86. The summed E-state index contributed by atoms with van der Waals surface area (Å²) in [5.41, 5.74) is 1.44. The van der Waals surface area contributed by atoms with E-state index >= 15 is 0 Å². The number of nitrogens with zero attached hydrogens (tertiary/aromatic N) is 4. The first-order valence-electron chi connectivity index (χ1n) is 11.2. The molecule has 0 atom stereocenters. The fourth-order valence-electron chi connectivity index (χ4n) is 4.92. The lowest BCUT2D eigenvalue weighted by Crippen LogP contribution is -2.42. The molecule has 0 bridgehead atoms. The second kappa shape index (κ2) is 8.91. The van der Waals surface area contributed by atoms with Crippen LogP contribution in [-0.2, 0) is 4.74 Å². The molecule has 3 aliphatic rings. The molecule has 0 spiro atoms. The van der Waals surface area contributed by atoms with Gasteiger partial charge in [-0.15, -0.1) is 5.10 Å². The van der Waals surface area contributed by atoms with E-state index in [0.717, 1.165) is 63.5 Å². The number of nitrogens with one attached hydrogen (secondary N) is 1. The van der Waals surface area contributed by atoms with Gasteiger partial charge in [-0.2, -0.15) is 0 Å². The van der Waals surface area contributed by atoms with Gasteiger partial charge in [0, 0.05) is 13.1 Å². The molecule has 1 aliphatic carbocycles. The number of carbonyl (C=O) groups excluding carboxylic acids is 1. The molecule has 1 amide bonds. The zero-order chi connectivity index (χ0) is 19.5. The number of ether oxygens (including phenoxy) is 1. The van der Waals surface area contributed by atoms with Crippen LogP contribution in [0.15, 0.2) is 0 Å². The predicted octanol–water partition coefficient (Wildman–Crippen LogP) is 2.71. The average Bonchev–Trinajstić information content (AvgIpc) is 3.12. The van der Waals surface area contributed by atoms with Crippen LogP contribution in [0.25, 0.3) is 0 Å². The van der Waals surface area contributed by atoms with Gasteiger partial charge in [0.05, 0.1) is 23.9 Å². The van der Waals surface area contributed by atoms with Gasteiger partial charge >= 0.3 is 0 Å². The van der Waals surface area contributed by atoms with E-state index in [1.54, 1.807) is 0 Å². The number of rotatable bonds is 4. The average molecular weight is 390 g/mol. The Morgan fingerprint density at radius 1 is 1.00 bits per heavy atom. The lowest BCUT2D eigenvalue weighted by Gasteiger charge is -2.35. The summed E-state index contributed by atoms with van der Waals surface area (Å²) in [6.45, 7) is 7.83. The van der Waals surface area contributed by atoms with Crippen LogP contribution in [0.2, 0.25) is 0 Å². The third-order valence-electron chi connectivity index (χ3n) is 6.86. The Labute approximate surface area is 168 Å². The number of aromatic nitrogens is 3. The van der Waals surface area contributed by atoms with E-state index in [4.69, 9.17) is 4.74 Å². The van der Waals surface area contributed by atoms with E-state index in [1.165, 1.54) is 25.7 Å². The van der Waals surface area contributed by atoms with Crippen molar-refractivity contribution >= 4 is 5.91 Å². The Kier molecular flexibility index (Phi) is 6.31. The quantitative estimate of drug-likeness (QED) is 0.857. The molecule has 0 aromatic carbocycles. The molecule has 0 radical (unpaired) electrons. The smallest absolute Gasteiger partial charge is 0.276 e. The van der Waals surface area contributed by atoms with E-state index < -0.39 is 0 Å². The van der Waals surface area contributed by atoms with E-state index in [2.05, 4.69) is 22.6 Å². The molecular weight excluding hydrogens is 354 g/mol. The highest BCUT2D eigenvalue weighted by Crippen LogP contribution is 2.28. The van der Waals surface area contributed by atoms with Crippen molar-refractivity contribution in [2.45, 2.75) is 83.5 Å². The van der Waals surface area contributed by atoms with Gasteiger partial charge in [-0.05, 0) is 77.3 Å². The first-order chi connectivity index (χ1) is 13.6. The molecule has 1 saturated carbocycles. The van der Waals surface area contributed by atoms with Crippen LogP contribution in [0.3, 0.4) is 0 Å². The molecule has 28 heavy (non-hydrogen) atoms. The summed E-state index contributed by atoms with van der Waals surface area (Å²) in [4.78, 5) is 14.9. The van der Waals surface area contributed by atoms with Crippen LogP contribution in [0.5, 0.6) is 0 Å². The van der Waals surface area contributed by atoms with Crippen molar-refractivity contribution < 1.29 is 9.53 Å². The molecule has 1 N–H and O–H groups in total. The van der Waals surface area contributed by atoms with Gasteiger partial charge in [-0.1, -0.05) is 12.1 Å². The van der Waals surface area contributed by atoms with Gasteiger partial charge < -0.3 is 15.0 Å². The SMILES string of the molecule is Cc1c(C(=O)N2CCC(OC3CCC(C)CC3)CC2)nnn1C1CCNCC1. The first-order valence-corrected chi connectivity index (χ1v) is 11.2. The molecule has 3 fully saturated rings. The van der Waals surface area contributed by atoms with Crippen molar-refractivity contribution in [3.63, 3.8) is 0 Å². The van der Waals surface area contributed by atoms with Crippen molar-refractivity contribution in [3.05, 3.63) is 11.4 Å². The monoisotopic (exact) mass is 389 g/mol. The standard InChI is InChI=1S/C21H35N5O2/c1-15-3-5-18(6-4-15)28-19-9-13-25(14-10-19)21(27)20-16(2)26(24-23-20)17-7-11-22-12-8-17/h15,17-19,22H,3-14H2,1-2H3. The summed E-state index contributed by atoms with van der Waals surface area (Å²) in [5, 5.41) is 11.9. The highest BCUT2D eigenvalue weighted by molar-refractivity contribution is 5.93. The maximum Gasteiger partial charge on any atom is 0.276 e. The van der Waals surface area contributed by atoms with Gasteiger partial charge in [0.15, 0.2) is 5.69 Å². The maximum absolute atomic E-state index is 13.0. The molecule has 4 rings (SSSR count). The minimum absolute atomic E-state index is 0.0302. The Bertz CT molecular complexity index is 654. The van der Waals surface area contributed by atoms with Crippen LogP contribution in [0.4, 0.5) is 0 Å². The molecule has 156 valence electrons. The highest BCUT2D eigenvalue weighted by Gasteiger charge is 2.30. The fourth-order valence-corrected chi connectivity index (χ4v) is 4.92. The van der Waals surface area contributed by atoms with Crippen molar-refractivity contribution in [3.8, 4) is 0 Å².